The van der Waals surface area contributed by atoms with E-state index in [9.17, 15) is 4.79 Å². The van der Waals surface area contributed by atoms with Crippen LogP contribution in [0.3, 0.4) is 0 Å². The molecule has 0 spiro atoms. The molecule has 0 amide bonds. The van der Waals surface area contributed by atoms with Crippen molar-refractivity contribution in [2.45, 2.75) is 32.4 Å². The molecule has 1 fully saturated rings. The summed E-state index contributed by atoms with van der Waals surface area (Å²) in [5.74, 6) is -0.0724. The molecule has 0 radical (unpaired) electrons. The lowest BCUT2D eigenvalue weighted by Gasteiger charge is -2.10. The molecule has 3 atom stereocenters. The molecule has 0 aromatic carbocycles. The molecule has 0 unspecified atom stereocenters. The molecule has 10 heavy (non-hydrogen) atoms. The fourth-order valence-corrected chi connectivity index (χ4v) is 1.24. The number of carbonyl (C=O) groups excluding carboxylic acids is 1. The first-order chi connectivity index (χ1) is 4.66. The number of rotatable bonds is 1. The summed E-state index contributed by atoms with van der Waals surface area (Å²) >= 11 is 0. The van der Waals surface area contributed by atoms with Gasteiger partial charge in [-0.25, -0.2) is 0 Å². The van der Waals surface area contributed by atoms with Gasteiger partial charge in [-0.1, -0.05) is 13.8 Å². The van der Waals surface area contributed by atoms with Crippen molar-refractivity contribution in [2.75, 3.05) is 0 Å². The predicted molar refractivity (Wildman–Crippen MR) is 37.3 cm³/mol. The van der Waals surface area contributed by atoms with Gasteiger partial charge in [-0.2, -0.15) is 0 Å². The van der Waals surface area contributed by atoms with Gasteiger partial charge in [-0.05, 0) is 6.42 Å². The lowest BCUT2D eigenvalue weighted by Crippen LogP contribution is -2.31. The molecule has 1 heterocycles. The van der Waals surface area contributed by atoms with E-state index >= 15 is 0 Å². The predicted octanol–water partition coefficient (Wildman–Crippen LogP) is 0.285. The minimum absolute atomic E-state index is 0.0440. The average molecular weight is 143 g/mol. The largest absolute Gasteiger partial charge is 0.461 e. The molecule has 3 nitrogen and oxygen atoms in total. The van der Waals surface area contributed by atoms with E-state index < -0.39 is 6.04 Å². The van der Waals surface area contributed by atoms with E-state index in [1.807, 2.05) is 13.8 Å². The van der Waals surface area contributed by atoms with Crippen LogP contribution in [-0.2, 0) is 9.53 Å². The molecule has 0 bridgehead atoms. The van der Waals surface area contributed by atoms with Gasteiger partial charge in [-0.3, -0.25) is 4.79 Å². The summed E-state index contributed by atoms with van der Waals surface area (Å²) in [5, 5.41) is 0. The van der Waals surface area contributed by atoms with E-state index in [1.165, 1.54) is 0 Å². The van der Waals surface area contributed by atoms with Crippen molar-refractivity contribution in [3.05, 3.63) is 0 Å². The maximum absolute atomic E-state index is 10.8. The number of hydrogen-bond acceptors (Lipinski definition) is 3. The average Bonchev–Trinajstić information content (AvgIpc) is 2.17. The van der Waals surface area contributed by atoms with E-state index in [2.05, 4.69) is 0 Å². The van der Waals surface area contributed by atoms with Crippen LogP contribution < -0.4 is 5.73 Å². The van der Waals surface area contributed by atoms with Crippen LogP contribution in [0.4, 0.5) is 0 Å². The van der Waals surface area contributed by atoms with Crippen molar-refractivity contribution >= 4 is 5.97 Å². The minimum Gasteiger partial charge on any atom is -0.461 e. The Morgan fingerprint density at radius 2 is 2.30 bits per heavy atom. The first-order valence-corrected chi connectivity index (χ1v) is 3.63. The molecule has 1 aliphatic rings. The number of hydrogen-bond donors (Lipinski definition) is 1. The zero-order valence-corrected chi connectivity index (χ0v) is 6.33. The fourth-order valence-electron chi connectivity index (χ4n) is 1.24. The first kappa shape index (κ1) is 7.54. The third kappa shape index (κ3) is 1.01. The third-order valence-corrected chi connectivity index (χ3v) is 2.09. The summed E-state index contributed by atoms with van der Waals surface area (Å²) in [6.45, 7) is 3.94. The van der Waals surface area contributed by atoms with E-state index in [0.29, 0.717) is 0 Å². The highest BCUT2D eigenvalue weighted by molar-refractivity contribution is 5.78. The van der Waals surface area contributed by atoms with Gasteiger partial charge in [0.25, 0.3) is 0 Å². The molecule has 0 aromatic rings. The SMILES string of the molecule is CC[C@H]1OC(=O)[C@@H](N)[C@H]1C. The quantitative estimate of drug-likeness (QED) is 0.536. The van der Waals surface area contributed by atoms with Crippen LogP contribution >= 0.6 is 0 Å². The summed E-state index contributed by atoms with van der Waals surface area (Å²) in [6, 6.07) is -0.398. The zero-order valence-electron chi connectivity index (χ0n) is 6.33. The summed E-state index contributed by atoms with van der Waals surface area (Å²) in [5.41, 5.74) is 5.51. The third-order valence-electron chi connectivity index (χ3n) is 2.09. The summed E-state index contributed by atoms with van der Waals surface area (Å²) < 4.78 is 4.97. The van der Waals surface area contributed by atoms with Crippen LogP contribution in [0, 0.1) is 5.92 Å². The number of ether oxygens (including phenoxy) is 1. The summed E-state index contributed by atoms with van der Waals surface area (Å²) in [7, 11) is 0. The van der Waals surface area contributed by atoms with Crippen molar-refractivity contribution < 1.29 is 9.53 Å². The lowest BCUT2D eigenvalue weighted by molar-refractivity contribution is -0.142. The second kappa shape index (κ2) is 2.58. The van der Waals surface area contributed by atoms with Crippen molar-refractivity contribution in [1.29, 1.82) is 0 Å². The maximum Gasteiger partial charge on any atom is 0.323 e. The van der Waals surface area contributed by atoms with Gasteiger partial charge in [0.2, 0.25) is 0 Å². The molecule has 2 N–H and O–H groups in total. The Morgan fingerprint density at radius 3 is 2.50 bits per heavy atom. The van der Waals surface area contributed by atoms with Gasteiger partial charge in [0.1, 0.15) is 12.1 Å². The van der Waals surface area contributed by atoms with Crippen LogP contribution in [-0.4, -0.2) is 18.1 Å². The molecule has 0 aromatic heterocycles. The highest BCUT2D eigenvalue weighted by Crippen LogP contribution is 2.22. The van der Waals surface area contributed by atoms with Gasteiger partial charge in [-0.15, -0.1) is 0 Å². The van der Waals surface area contributed by atoms with Crippen molar-refractivity contribution in [1.82, 2.24) is 0 Å². The Labute approximate surface area is 60.5 Å². The van der Waals surface area contributed by atoms with Crippen molar-refractivity contribution in [2.24, 2.45) is 11.7 Å². The monoisotopic (exact) mass is 143 g/mol. The van der Waals surface area contributed by atoms with Gasteiger partial charge >= 0.3 is 5.97 Å². The van der Waals surface area contributed by atoms with Gasteiger partial charge in [0.15, 0.2) is 0 Å². The number of cyclic esters (lactones) is 1. The smallest absolute Gasteiger partial charge is 0.323 e. The topological polar surface area (TPSA) is 52.3 Å². The molecule has 0 saturated carbocycles. The van der Waals surface area contributed by atoms with Gasteiger partial charge in [0, 0.05) is 5.92 Å². The van der Waals surface area contributed by atoms with Gasteiger partial charge < -0.3 is 10.5 Å². The number of nitrogens with two attached hydrogens (primary N) is 1. The number of esters is 1. The van der Waals surface area contributed by atoms with E-state index in [0.717, 1.165) is 6.42 Å². The Balaban J connectivity index is 2.61. The Hall–Kier alpha value is -0.570. The first-order valence-electron chi connectivity index (χ1n) is 3.63. The highest BCUT2D eigenvalue weighted by Gasteiger charge is 2.37. The summed E-state index contributed by atoms with van der Waals surface area (Å²) in [4.78, 5) is 10.8. The van der Waals surface area contributed by atoms with E-state index in [-0.39, 0.29) is 18.0 Å². The highest BCUT2D eigenvalue weighted by atomic mass is 16.6. The minimum atomic E-state index is -0.398. The normalized spacial score (nSPS) is 39.9. The second-order valence-electron chi connectivity index (χ2n) is 2.77. The molecular weight excluding hydrogens is 130 g/mol. The van der Waals surface area contributed by atoms with Crippen LogP contribution in [0.1, 0.15) is 20.3 Å². The van der Waals surface area contributed by atoms with Gasteiger partial charge in [0.05, 0.1) is 0 Å². The Morgan fingerprint density at radius 1 is 1.70 bits per heavy atom. The second-order valence-corrected chi connectivity index (χ2v) is 2.77. The molecule has 58 valence electrons. The van der Waals surface area contributed by atoms with E-state index in [1.54, 1.807) is 0 Å². The van der Waals surface area contributed by atoms with Crippen molar-refractivity contribution in [3.8, 4) is 0 Å². The molecule has 3 heteroatoms. The zero-order chi connectivity index (χ0) is 7.72. The fraction of sp³-hybridized carbons (Fsp3) is 0.857. The lowest BCUT2D eigenvalue weighted by atomic mass is 9.98. The molecule has 1 aliphatic heterocycles. The molecule has 1 rings (SSSR count). The Kier molecular flexibility index (Phi) is 1.94. The molecule has 1 saturated heterocycles. The standard InChI is InChI=1S/C7H13NO2/c1-3-5-4(2)6(8)7(9)10-5/h4-6H,3,8H2,1-2H3/t4-,5+,6-/m0/s1. The summed E-state index contributed by atoms with van der Waals surface area (Å²) in [6.07, 6.45) is 0.906. The van der Waals surface area contributed by atoms with Crippen LogP contribution in [0.15, 0.2) is 0 Å². The van der Waals surface area contributed by atoms with Crippen LogP contribution in [0.2, 0.25) is 0 Å². The van der Waals surface area contributed by atoms with Crippen LogP contribution in [0.25, 0.3) is 0 Å². The van der Waals surface area contributed by atoms with Crippen LogP contribution in [0.5, 0.6) is 0 Å². The molecular formula is C7H13NO2. The maximum atomic E-state index is 10.8. The van der Waals surface area contributed by atoms with E-state index in [4.69, 9.17) is 10.5 Å². The number of carbonyl (C=O) groups is 1. The van der Waals surface area contributed by atoms with Crippen molar-refractivity contribution in [3.63, 3.8) is 0 Å². The Bertz CT molecular complexity index is 147. The molecule has 0 aliphatic carbocycles.